The van der Waals surface area contributed by atoms with Gasteiger partial charge in [-0.1, -0.05) is 17.3 Å². The Morgan fingerprint density at radius 1 is 1.40 bits per heavy atom. The minimum absolute atomic E-state index is 0.149. The molecule has 0 aliphatic heterocycles. The van der Waals surface area contributed by atoms with Crippen molar-refractivity contribution < 1.29 is 22.8 Å². The number of para-hydroxylation sites is 1. The van der Waals surface area contributed by atoms with Gasteiger partial charge in [-0.15, -0.1) is 0 Å². The summed E-state index contributed by atoms with van der Waals surface area (Å²) in [7, 11) is -4.00. The number of aliphatic carboxylic acids is 1. The molecule has 8 nitrogen and oxygen atoms in total. The standard InChI is InChI=1S/C11H11N3O5S/c1-7-12-11(19-13-7)8-4-2-3-5-9(8)14-20(17,18)6-10(15)16/h2-5,14H,6H2,1H3,(H,15,16). The zero-order valence-corrected chi connectivity index (χ0v) is 11.2. The monoisotopic (exact) mass is 297 g/mol. The van der Waals surface area contributed by atoms with Crippen molar-refractivity contribution in [1.29, 1.82) is 0 Å². The van der Waals surface area contributed by atoms with Crippen LogP contribution in [0, 0.1) is 6.92 Å². The third-order valence-corrected chi connectivity index (χ3v) is 3.42. The summed E-state index contributed by atoms with van der Waals surface area (Å²) in [6.45, 7) is 1.63. The number of anilines is 1. The van der Waals surface area contributed by atoms with Gasteiger partial charge < -0.3 is 9.63 Å². The summed E-state index contributed by atoms with van der Waals surface area (Å²) in [5.41, 5.74) is 0.555. The van der Waals surface area contributed by atoms with Gasteiger partial charge in [0.1, 0.15) is 0 Å². The van der Waals surface area contributed by atoms with Crippen LogP contribution in [-0.2, 0) is 14.8 Å². The van der Waals surface area contributed by atoms with Gasteiger partial charge in [-0.3, -0.25) is 9.52 Å². The molecule has 1 aromatic carbocycles. The summed E-state index contributed by atoms with van der Waals surface area (Å²) in [5.74, 6) is -1.91. The second-order valence-corrected chi connectivity index (χ2v) is 5.67. The second-order valence-electron chi connectivity index (χ2n) is 3.95. The fourth-order valence-electron chi connectivity index (χ4n) is 1.53. The topological polar surface area (TPSA) is 122 Å². The molecule has 0 spiro atoms. The maximum absolute atomic E-state index is 11.6. The number of hydrogen-bond donors (Lipinski definition) is 2. The molecule has 0 fully saturated rings. The van der Waals surface area contributed by atoms with E-state index in [1.165, 1.54) is 6.07 Å². The number of nitrogens with zero attached hydrogens (tertiary/aromatic N) is 2. The molecular formula is C11H11N3O5S. The first kappa shape index (κ1) is 14.0. The van der Waals surface area contributed by atoms with Crippen LogP contribution < -0.4 is 4.72 Å². The number of carboxylic acids is 1. The molecule has 0 aliphatic rings. The number of carboxylic acid groups (broad SMARTS) is 1. The summed E-state index contributed by atoms with van der Waals surface area (Å²) in [6.07, 6.45) is 0. The van der Waals surface area contributed by atoms with E-state index in [0.717, 1.165) is 0 Å². The van der Waals surface area contributed by atoms with E-state index in [9.17, 15) is 13.2 Å². The van der Waals surface area contributed by atoms with Gasteiger partial charge in [-0.2, -0.15) is 4.98 Å². The minimum Gasteiger partial charge on any atom is -0.480 e. The molecule has 0 radical (unpaired) electrons. The number of rotatable bonds is 5. The van der Waals surface area contributed by atoms with Crippen LogP contribution in [0.2, 0.25) is 0 Å². The van der Waals surface area contributed by atoms with Crippen molar-refractivity contribution in [3.63, 3.8) is 0 Å². The van der Waals surface area contributed by atoms with Crippen LogP contribution in [0.15, 0.2) is 28.8 Å². The lowest BCUT2D eigenvalue weighted by Gasteiger charge is -2.08. The van der Waals surface area contributed by atoms with Crippen LogP contribution in [0.5, 0.6) is 0 Å². The molecule has 2 N–H and O–H groups in total. The number of aromatic nitrogens is 2. The van der Waals surface area contributed by atoms with E-state index in [2.05, 4.69) is 14.9 Å². The molecule has 1 aromatic heterocycles. The molecule has 9 heteroatoms. The van der Waals surface area contributed by atoms with Gasteiger partial charge in [-0.25, -0.2) is 8.42 Å². The lowest BCUT2D eigenvalue weighted by atomic mass is 10.2. The number of hydrogen-bond acceptors (Lipinski definition) is 6. The van der Waals surface area contributed by atoms with E-state index in [4.69, 9.17) is 9.63 Å². The largest absolute Gasteiger partial charge is 0.480 e. The van der Waals surface area contributed by atoms with Crippen molar-refractivity contribution in [2.45, 2.75) is 6.92 Å². The molecule has 2 rings (SSSR count). The molecule has 0 saturated heterocycles. The maximum Gasteiger partial charge on any atom is 0.320 e. The number of sulfonamides is 1. The number of benzene rings is 1. The molecule has 0 amide bonds. The third kappa shape index (κ3) is 3.32. The van der Waals surface area contributed by atoms with Gasteiger partial charge in [0, 0.05) is 0 Å². The zero-order chi connectivity index (χ0) is 14.8. The van der Waals surface area contributed by atoms with E-state index in [-0.39, 0.29) is 11.6 Å². The summed E-state index contributed by atoms with van der Waals surface area (Å²) in [4.78, 5) is 14.5. The van der Waals surface area contributed by atoms with Gasteiger partial charge in [0.15, 0.2) is 11.6 Å². The van der Waals surface area contributed by atoms with Gasteiger partial charge in [-0.05, 0) is 19.1 Å². The fraction of sp³-hybridized carbons (Fsp3) is 0.182. The normalized spacial score (nSPS) is 11.2. The zero-order valence-electron chi connectivity index (χ0n) is 10.4. The van der Waals surface area contributed by atoms with Crippen LogP contribution in [0.4, 0.5) is 5.69 Å². The highest BCUT2D eigenvalue weighted by molar-refractivity contribution is 7.93. The van der Waals surface area contributed by atoms with Crippen LogP contribution >= 0.6 is 0 Å². The Balaban J connectivity index is 2.36. The average molecular weight is 297 g/mol. The third-order valence-electron chi connectivity index (χ3n) is 2.26. The highest BCUT2D eigenvalue weighted by atomic mass is 32.2. The van der Waals surface area contributed by atoms with Crippen LogP contribution in [0.1, 0.15) is 5.82 Å². The predicted octanol–water partition coefficient (Wildman–Crippen LogP) is 0.871. The summed E-state index contributed by atoms with van der Waals surface area (Å²) >= 11 is 0. The number of aryl methyl sites for hydroxylation is 1. The Kier molecular flexibility index (Phi) is 3.70. The highest BCUT2D eigenvalue weighted by Crippen LogP contribution is 2.27. The van der Waals surface area contributed by atoms with E-state index in [1.807, 2.05) is 0 Å². The van der Waals surface area contributed by atoms with E-state index in [1.54, 1.807) is 25.1 Å². The van der Waals surface area contributed by atoms with Gasteiger partial charge in [0.05, 0.1) is 11.3 Å². The molecule has 20 heavy (non-hydrogen) atoms. The molecule has 0 unspecified atom stereocenters. The quantitative estimate of drug-likeness (QED) is 0.839. The molecule has 0 saturated carbocycles. The predicted molar refractivity (Wildman–Crippen MR) is 69.5 cm³/mol. The van der Waals surface area contributed by atoms with Crippen LogP contribution in [0.3, 0.4) is 0 Å². The number of nitrogens with one attached hydrogen (secondary N) is 1. The summed E-state index contributed by atoms with van der Waals surface area (Å²) in [6, 6.07) is 6.34. The Hall–Kier alpha value is -2.42. The van der Waals surface area contributed by atoms with Gasteiger partial charge >= 0.3 is 5.97 Å². The Bertz CT molecular complexity index is 738. The van der Waals surface area contributed by atoms with Crippen molar-refractivity contribution in [3.8, 4) is 11.5 Å². The van der Waals surface area contributed by atoms with Crippen LogP contribution in [0.25, 0.3) is 11.5 Å². The number of carbonyl (C=O) groups is 1. The molecule has 2 aromatic rings. The van der Waals surface area contributed by atoms with Crippen molar-refractivity contribution in [1.82, 2.24) is 10.1 Å². The second kappa shape index (κ2) is 5.29. The van der Waals surface area contributed by atoms with Crippen molar-refractivity contribution in [2.75, 3.05) is 10.5 Å². The molecule has 106 valence electrons. The first-order valence-corrected chi connectivity index (χ1v) is 7.14. The molecule has 1 heterocycles. The molecular weight excluding hydrogens is 286 g/mol. The smallest absolute Gasteiger partial charge is 0.320 e. The van der Waals surface area contributed by atoms with Gasteiger partial charge in [0.2, 0.25) is 10.0 Å². The maximum atomic E-state index is 11.6. The fourth-order valence-corrected chi connectivity index (χ4v) is 2.44. The average Bonchev–Trinajstić information content (AvgIpc) is 2.74. The van der Waals surface area contributed by atoms with Crippen molar-refractivity contribution >= 4 is 21.7 Å². The Morgan fingerprint density at radius 3 is 2.70 bits per heavy atom. The SMILES string of the molecule is Cc1noc(-c2ccccc2NS(=O)(=O)CC(=O)O)n1. The molecule has 0 aliphatic carbocycles. The molecule has 0 bridgehead atoms. The lowest BCUT2D eigenvalue weighted by molar-refractivity contribution is -0.134. The van der Waals surface area contributed by atoms with Gasteiger partial charge in [0.25, 0.3) is 5.89 Å². The highest BCUT2D eigenvalue weighted by Gasteiger charge is 2.19. The molecule has 0 atom stereocenters. The Morgan fingerprint density at radius 2 is 2.10 bits per heavy atom. The van der Waals surface area contributed by atoms with Crippen molar-refractivity contribution in [3.05, 3.63) is 30.1 Å². The minimum atomic E-state index is -4.00. The summed E-state index contributed by atoms with van der Waals surface area (Å²) < 4.78 is 30.4. The van der Waals surface area contributed by atoms with E-state index in [0.29, 0.717) is 11.4 Å². The van der Waals surface area contributed by atoms with Crippen LogP contribution in [-0.4, -0.2) is 35.4 Å². The van der Waals surface area contributed by atoms with E-state index < -0.39 is 21.7 Å². The summed E-state index contributed by atoms with van der Waals surface area (Å²) in [5, 5.41) is 12.2. The van der Waals surface area contributed by atoms with Crippen molar-refractivity contribution in [2.24, 2.45) is 0 Å². The Labute approximate surface area is 114 Å². The van der Waals surface area contributed by atoms with E-state index >= 15 is 0 Å². The first-order chi connectivity index (χ1) is 9.37. The first-order valence-electron chi connectivity index (χ1n) is 5.49. The lowest BCUT2D eigenvalue weighted by Crippen LogP contribution is -2.22.